The van der Waals surface area contributed by atoms with Crippen LogP contribution in [0.3, 0.4) is 0 Å². The van der Waals surface area contributed by atoms with Crippen molar-refractivity contribution in [2.75, 3.05) is 12.9 Å². The minimum Gasteiger partial charge on any atom is -0.497 e. The van der Waals surface area contributed by atoms with Crippen molar-refractivity contribution in [3.05, 3.63) is 52.2 Å². The summed E-state index contributed by atoms with van der Waals surface area (Å²) in [6.45, 7) is 2.04. The molecule has 0 spiro atoms. The standard InChI is InChI=1S/C15H18O2S2/c1-12(15-4-3-10-18-15)19(16)11-9-13-5-7-14(17-2)8-6-13/h3-8,10,12H,9,11H2,1-2H3/t12-,19-/m0/s1. The van der Waals surface area contributed by atoms with Gasteiger partial charge in [0.2, 0.25) is 0 Å². The summed E-state index contributed by atoms with van der Waals surface area (Å²) in [4.78, 5) is 1.20. The minimum absolute atomic E-state index is 0.123. The minimum atomic E-state index is -0.823. The molecule has 2 rings (SSSR count). The molecule has 0 N–H and O–H groups in total. The van der Waals surface area contributed by atoms with Crippen LogP contribution in [-0.4, -0.2) is 17.1 Å². The summed E-state index contributed by atoms with van der Waals surface area (Å²) >= 11 is 1.68. The maximum Gasteiger partial charge on any atom is 0.118 e. The van der Waals surface area contributed by atoms with Crippen molar-refractivity contribution < 1.29 is 8.95 Å². The Kier molecular flexibility index (Phi) is 5.16. The van der Waals surface area contributed by atoms with Crippen molar-refractivity contribution in [3.63, 3.8) is 0 Å². The third-order valence-corrected chi connectivity index (χ3v) is 5.94. The molecule has 2 nitrogen and oxygen atoms in total. The van der Waals surface area contributed by atoms with Gasteiger partial charge in [0.15, 0.2) is 0 Å². The smallest absolute Gasteiger partial charge is 0.118 e. The fraction of sp³-hybridized carbons (Fsp3) is 0.333. The first-order chi connectivity index (χ1) is 9.20. The van der Waals surface area contributed by atoms with Crippen LogP contribution in [0.5, 0.6) is 5.75 Å². The van der Waals surface area contributed by atoms with E-state index in [-0.39, 0.29) is 5.25 Å². The molecule has 0 saturated carbocycles. The van der Waals surface area contributed by atoms with E-state index in [1.54, 1.807) is 18.4 Å². The molecule has 0 amide bonds. The van der Waals surface area contributed by atoms with Crippen LogP contribution < -0.4 is 4.74 Å². The predicted octanol–water partition coefficient (Wildman–Crippen LogP) is 3.81. The summed E-state index contributed by atoms with van der Waals surface area (Å²) in [7, 11) is 0.837. The van der Waals surface area contributed by atoms with Crippen molar-refractivity contribution in [3.8, 4) is 5.75 Å². The Morgan fingerprint density at radius 1 is 1.26 bits per heavy atom. The third kappa shape index (κ3) is 3.91. The number of thiophene rings is 1. The Labute approximate surface area is 120 Å². The van der Waals surface area contributed by atoms with Crippen molar-refractivity contribution in [1.82, 2.24) is 0 Å². The second-order valence-electron chi connectivity index (χ2n) is 4.34. The van der Waals surface area contributed by atoms with E-state index in [4.69, 9.17) is 4.74 Å². The van der Waals surface area contributed by atoms with E-state index in [1.807, 2.05) is 42.6 Å². The van der Waals surface area contributed by atoms with Crippen LogP contribution in [0.25, 0.3) is 0 Å². The van der Waals surface area contributed by atoms with Gasteiger partial charge in [0.05, 0.1) is 12.4 Å². The molecule has 0 bridgehead atoms. The second-order valence-corrected chi connectivity index (χ2v) is 7.20. The zero-order valence-electron chi connectivity index (χ0n) is 11.2. The molecule has 0 saturated heterocycles. The van der Waals surface area contributed by atoms with Gasteiger partial charge in [-0.25, -0.2) is 0 Å². The van der Waals surface area contributed by atoms with Gasteiger partial charge >= 0.3 is 0 Å². The van der Waals surface area contributed by atoms with E-state index in [0.29, 0.717) is 5.75 Å². The molecule has 1 heterocycles. The SMILES string of the molecule is COc1ccc(CC[S@](=O)[C@@H](C)c2cccs2)cc1. The predicted molar refractivity (Wildman–Crippen MR) is 82.4 cm³/mol. The fourth-order valence-corrected chi connectivity index (χ4v) is 4.12. The highest BCUT2D eigenvalue weighted by Gasteiger charge is 2.14. The molecule has 0 unspecified atom stereocenters. The van der Waals surface area contributed by atoms with Gasteiger partial charge in [-0.05, 0) is 42.5 Å². The van der Waals surface area contributed by atoms with Gasteiger partial charge in [0, 0.05) is 21.4 Å². The summed E-state index contributed by atoms with van der Waals surface area (Å²) in [5.74, 6) is 1.56. The number of benzene rings is 1. The Bertz CT molecular complexity index is 518. The molecular formula is C15H18O2S2. The largest absolute Gasteiger partial charge is 0.497 e. The maximum atomic E-state index is 12.2. The molecular weight excluding hydrogens is 276 g/mol. The number of methoxy groups -OCH3 is 1. The first-order valence-electron chi connectivity index (χ1n) is 6.24. The fourth-order valence-electron chi connectivity index (χ4n) is 1.84. The summed E-state index contributed by atoms with van der Waals surface area (Å²) in [5, 5.41) is 2.16. The van der Waals surface area contributed by atoms with E-state index in [9.17, 15) is 4.21 Å². The number of aryl methyl sites for hydroxylation is 1. The molecule has 0 aliphatic heterocycles. The van der Waals surface area contributed by atoms with Gasteiger partial charge in [-0.3, -0.25) is 4.21 Å². The topological polar surface area (TPSA) is 26.3 Å². The van der Waals surface area contributed by atoms with E-state index in [2.05, 4.69) is 6.07 Å². The molecule has 2 aromatic rings. The number of rotatable bonds is 6. The van der Waals surface area contributed by atoms with Crippen molar-refractivity contribution in [2.24, 2.45) is 0 Å². The molecule has 19 heavy (non-hydrogen) atoms. The van der Waals surface area contributed by atoms with E-state index < -0.39 is 10.8 Å². The normalized spacial score (nSPS) is 14.0. The summed E-state index contributed by atoms with van der Waals surface area (Å²) in [6, 6.07) is 12.0. The Balaban J connectivity index is 1.89. The lowest BCUT2D eigenvalue weighted by molar-refractivity contribution is 0.414. The summed E-state index contributed by atoms with van der Waals surface area (Å²) in [6.07, 6.45) is 0.840. The lowest BCUT2D eigenvalue weighted by atomic mass is 10.2. The molecule has 0 fully saturated rings. The van der Waals surface area contributed by atoms with Gasteiger partial charge < -0.3 is 4.74 Å². The van der Waals surface area contributed by atoms with Gasteiger partial charge in [-0.1, -0.05) is 18.2 Å². The highest BCUT2D eigenvalue weighted by Crippen LogP contribution is 2.24. The average Bonchev–Trinajstić information content (AvgIpc) is 2.98. The quantitative estimate of drug-likeness (QED) is 0.810. The van der Waals surface area contributed by atoms with Crippen molar-refractivity contribution in [2.45, 2.75) is 18.6 Å². The summed E-state index contributed by atoms with van der Waals surface area (Å²) < 4.78 is 17.4. The zero-order valence-corrected chi connectivity index (χ0v) is 12.8. The van der Waals surface area contributed by atoms with Crippen LogP contribution >= 0.6 is 11.3 Å². The van der Waals surface area contributed by atoms with E-state index in [1.165, 1.54) is 10.4 Å². The maximum absolute atomic E-state index is 12.2. The number of ether oxygens (including phenoxy) is 1. The van der Waals surface area contributed by atoms with Crippen LogP contribution in [-0.2, 0) is 17.2 Å². The van der Waals surface area contributed by atoms with Crippen LogP contribution in [0.2, 0.25) is 0 Å². The molecule has 4 heteroatoms. The van der Waals surface area contributed by atoms with Crippen LogP contribution in [0, 0.1) is 0 Å². The summed E-state index contributed by atoms with van der Waals surface area (Å²) in [5.41, 5.74) is 1.20. The number of hydrogen-bond donors (Lipinski definition) is 0. The van der Waals surface area contributed by atoms with Crippen molar-refractivity contribution >= 4 is 22.1 Å². The zero-order chi connectivity index (χ0) is 13.7. The monoisotopic (exact) mass is 294 g/mol. The highest BCUT2D eigenvalue weighted by atomic mass is 32.2. The molecule has 102 valence electrons. The van der Waals surface area contributed by atoms with Gasteiger partial charge in [-0.15, -0.1) is 11.3 Å². The second kappa shape index (κ2) is 6.87. The molecule has 0 aliphatic carbocycles. The van der Waals surface area contributed by atoms with Gasteiger partial charge in [0.1, 0.15) is 5.75 Å². The van der Waals surface area contributed by atoms with E-state index in [0.717, 1.165) is 12.2 Å². The van der Waals surface area contributed by atoms with Gasteiger partial charge in [-0.2, -0.15) is 0 Å². The molecule has 1 aromatic heterocycles. The van der Waals surface area contributed by atoms with Gasteiger partial charge in [0.25, 0.3) is 0 Å². The average molecular weight is 294 g/mol. The van der Waals surface area contributed by atoms with Crippen LogP contribution in [0.4, 0.5) is 0 Å². The first-order valence-corrected chi connectivity index (χ1v) is 8.50. The lowest BCUT2D eigenvalue weighted by Crippen LogP contribution is -2.07. The molecule has 2 atom stereocenters. The molecule has 0 aliphatic rings. The molecule has 0 radical (unpaired) electrons. The number of hydrogen-bond acceptors (Lipinski definition) is 3. The van der Waals surface area contributed by atoms with Crippen LogP contribution in [0.15, 0.2) is 41.8 Å². The van der Waals surface area contributed by atoms with Crippen molar-refractivity contribution in [1.29, 1.82) is 0 Å². The Morgan fingerprint density at radius 3 is 2.58 bits per heavy atom. The van der Waals surface area contributed by atoms with E-state index >= 15 is 0 Å². The third-order valence-electron chi connectivity index (χ3n) is 3.09. The Morgan fingerprint density at radius 2 is 2.00 bits per heavy atom. The molecule has 1 aromatic carbocycles. The Hall–Kier alpha value is -1.13. The lowest BCUT2D eigenvalue weighted by Gasteiger charge is -2.09. The first kappa shape index (κ1) is 14.3. The highest BCUT2D eigenvalue weighted by molar-refractivity contribution is 7.85. The van der Waals surface area contributed by atoms with Crippen LogP contribution in [0.1, 0.15) is 22.6 Å².